The summed E-state index contributed by atoms with van der Waals surface area (Å²) in [5.41, 5.74) is 1.19. The van der Waals surface area contributed by atoms with Crippen LogP contribution in [0.5, 0.6) is 0 Å². The first-order valence-corrected chi connectivity index (χ1v) is 11.4. The van der Waals surface area contributed by atoms with E-state index in [1.807, 2.05) is 24.3 Å². The van der Waals surface area contributed by atoms with Gasteiger partial charge in [0.2, 0.25) is 15.9 Å². The van der Waals surface area contributed by atoms with Gasteiger partial charge in [0, 0.05) is 5.69 Å². The quantitative estimate of drug-likeness (QED) is 0.522. The molecule has 1 heterocycles. The lowest BCUT2D eigenvalue weighted by atomic mass is 10.3. The summed E-state index contributed by atoms with van der Waals surface area (Å²) in [7, 11) is -4.29. The topological polar surface area (TPSA) is 88.2 Å². The number of benzene rings is 2. The average molecular weight is 462 g/mol. The van der Waals surface area contributed by atoms with Crippen LogP contribution in [-0.2, 0) is 14.8 Å². The second-order valence-electron chi connectivity index (χ2n) is 5.75. The van der Waals surface area contributed by atoms with Crippen LogP contribution in [0.4, 0.5) is 18.9 Å². The largest absolute Gasteiger partial charge is 0.402 e. The number of para-hydroxylation sites is 1. The number of aromatic nitrogens is 1. The highest BCUT2D eigenvalue weighted by atomic mass is 32.2. The number of thiazole rings is 1. The predicted octanol–water partition coefficient (Wildman–Crippen LogP) is 3.87. The number of amides is 1. The molecule has 12 heteroatoms. The Kier molecular flexibility index (Phi) is 6.46. The van der Waals surface area contributed by atoms with Crippen LogP contribution >= 0.6 is 23.1 Å². The molecule has 0 aliphatic heterocycles. The Bertz CT molecular complexity index is 1080. The van der Waals surface area contributed by atoms with Gasteiger partial charge in [-0.05, 0) is 36.4 Å². The Morgan fingerprint density at radius 1 is 1.10 bits per heavy atom. The molecule has 0 unspecified atom stereocenters. The van der Waals surface area contributed by atoms with Crippen molar-refractivity contribution in [3.63, 3.8) is 0 Å². The zero-order valence-corrected chi connectivity index (χ0v) is 17.0. The molecular weight excluding hydrogens is 447 g/mol. The van der Waals surface area contributed by atoms with Gasteiger partial charge in [0.1, 0.15) is 6.54 Å². The summed E-state index contributed by atoms with van der Waals surface area (Å²) in [4.78, 5) is 16.2. The number of carbonyl (C=O) groups is 1. The van der Waals surface area contributed by atoms with Gasteiger partial charge in [-0.2, -0.15) is 13.2 Å². The molecule has 0 saturated carbocycles. The van der Waals surface area contributed by atoms with Crippen LogP contribution in [0.2, 0.25) is 0 Å². The lowest BCUT2D eigenvalue weighted by molar-refractivity contribution is -0.121. The van der Waals surface area contributed by atoms with Crippen LogP contribution in [0.25, 0.3) is 10.2 Å². The molecule has 0 bridgehead atoms. The molecule has 1 aromatic heterocycles. The van der Waals surface area contributed by atoms with Crippen molar-refractivity contribution in [2.45, 2.75) is 15.4 Å². The zero-order chi connectivity index (χ0) is 21.1. The van der Waals surface area contributed by atoms with Crippen molar-refractivity contribution >= 4 is 54.9 Å². The molecule has 0 spiro atoms. The molecule has 0 atom stereocenters. The van der Waals surface area contributed by atoms with E-state index in [2.05, 4.69) is 10.3 Å². The maximum atomic E-state index is 12.2. The minimum absolute atomic E-state index is 0.104. The van der Waals surface area contributed by atoms with Crippen LogP contribution in [0, 0.1) is 0 Å². The molecule has 0 aliphatic rings. The molecule has 0 saturated heterocycles. The number of rotatable bonds is 7. The Hall–Kier alpha value is -2.15. The molecule has 29 heavy (non-hydrogen) atoms. The Morgan fingerprint density at radius 2 is 1.79 bits per heavy atom. The van der Waals surface area contributed by atoms with Gasteiger partial charge in [-0.3, -0.25) is 4.79 Å². The van der Waals surface area contributed by atoms with E-state index in [1.165, 1.54) is 40.0 Å². The van der Waals surface area contributed by atoms with Gasteiger partial charge >= 0.3 is 6.18 Å². The number of fused-ring (bicyclic) bond motifs is 1. The number of carbonyl (C=O) groups excluding carboxylic acids is 1. The number of halogens is 3. The smallest absolute Gasteiger partial charge is 0.325 e. The summed E-state index contributed by atoms with van der Waals surface area (Å²) in [6, 6.07) is 12.5. The van der Waals surface area contributed by atoms with Crippen molar-refractivity contribution in [1.82, 2.24) is 9.71 Å². The van der Waals surface area contributed by atoms with Gasteiger partial charge in [0.25, 0.3) is 0 Å². The van der Waals surface area contributed by atoms with E-state index in [1.54, 1.807) is 0 Å². The van der Waals surface area contributed by atoms with Crippen molar-refractivity contribution in [2.24, 2.45) is 0 Å². The Morgan fingerprint density at radius 3 is 2.45 bits per heavy atom. The molecule has 2 N–H and O–H groups in total. The van der Waals surface area contributed by atoms with Crippen LogP contribution in [0.3, 0.4) is 0 Å². The van der Waals surface area contributed by atoms with Crippen molar-refractivity contribution in [2.75, 3.05) is 17.6 Å². The van der Waals surface area contributed by atoms with Crippen molar-refractivity contribution in [1.29, 1.82) is 0 Å². The maximum Gasteiger partial charge on any atom is 0.402 e. The number of alkyl halides is 3. The summed E-state index contributed by atoms with van der Waals surface area (Å²) in [6.07, 6.45) is -4.65. The summed E-state index contributed by atoms with van der Waals surface area (Å²) in [6.45, 7) is -1.66. The van der Waals surface area contributed by atoms with Crippen molar-refractivity contribution in [3.8, 4) is 0 Å². The van der Waals surface area contributed by atoms with E-state index >= 15 is 0 Å². The molecule has 0 fully saturated rings. The molecule has 6 nitrogen and oxygen atoms in total. The van der Waals surface area contributed by atoms with E-state index in [4.69, 9.17) is 0 Å². The Balaban J connectivity index is 1.55. The molecular formula is C17H14F3N3O3S3. The number of sulfonamides is 1. The predicted molar refractivity (Wildman–Crippen MR) is 107 cm³/mol. The number of nitrogens with one attached hydrogen (secondary N) is 2. The fourth-order valence-electron chi connectivity index (χ4n) is 2.21. The first kappa shape index (κ1) is 21.6. The number of hydrogen-bond donors (Lipinski definition) is 2. The minimum atomic E-state index is -4.65. The number of thioether (sulfide) groups is 1. The third kappa shape index (κ3) is 6.16. The van der Waals surface area contributed by atoms with Crippen molar-refractivity contribution < 1.29 is 26.4 Å². The third-order valence-electron chi connectivity index (χ3n) is 3.51. The van der Waals surface area contributed by atoms with Crippen LogP contribution in [-0.4, -0.2) is 37.8 Å². The van der Waals surface area contributed by atoms with E-state index in [-0.39, 0.29) is 16.6 Å². The van der Waals surface area contributed by atoms with E-state index in [0.29, 0.717) is 5.69 Å². The highest BCUT2D eigenvalue weighted by Crippen LogP contribution is 2.29. The summed E-state index contributed by atoms with van der Waals surface area (Å²) < 4.78 is 63.5. The lowest BCUT2D eigenvalue weighted by Gasteiger charge is -2.10. The summed E-state index contributed by atoms with van der Waals surface area (Å²) in [5, 5.41) is 2.60. The monoisotopic (exact) mass is 461 g/mol. The molecule has 2 aromatic carbocycles. The zero-order valence-electron chi connectivity index (χ0n) is 14.6. The first-order chi connectivity index (χ1) is 13.6. The standard InChI is InChI=1S/C17H14F3N3O3S3/c18-17(19,20)10-21-29(25,26)12-7-5-11(6-8-12)22-15(24)9-27-16-23-13-3-1-2-4-14(13)28-16/h1-8,21H,9-10H2,(H,22,24). The second kappa shape index (κ2) is 8.69. The highest BCUT2D eigenvalue weighted by molar-refractivity contribution is 8.01. The number of anilines is 1. The number of hydrogen-bond acceptors (Lipinski definition) is 6. The van der Waals surface area contributed by atoms with Crippen LogP contribution in [0.1, 0.15) is 0 Å². The summed E-state index contributed by atoms with van der Waals surface area (Å²) in [5.74, 6) is -0.215. The van der Waals surface area contributed by atoms with E-state index in [9.17, 15) is 26.4 Å². The van der Waals surface area contributed by atoms with Crippen LogP contribution < -0.4 is 10.0 Å². The molecule has 154 valence electrons. The van der Waals surface area contributed by atoms with Gasteiger partial charge in [0.15, 0.2) is 4.34 Å². The van der Waals surface area contributed by atoms with Crippen molar-refractivity contribution in [3.05, 3.63) is 48.5 Å². The van der Waals surface area contributed by atoms with Gasteiger partial charge in [-0.15, -0.1) is 11.3 Å². The molecule has 0 aliphatic carbocycles. The molecule has 3 rings (SSSR count). The molecule has 3 aromatic rings. The van der Waals surface area contributed by atoms with E-state index in [0.717, 1.165) is 26.7 Å². The lowest BCUT2D eigenvalue weighted by Crippen LogP contribution is -2.33. The number of nitrogens with zero attached hydrogens (tertiary/aromatic N) is 1. The normalized spacial score (nSPS) is 12.2. The second-order valence-corrected chi connectivity index (χ2v) is 9.77. The summed E-state index contributed by atoms with van der Waals surface area (Å²) >= 11 is 2.75. The molecule has 1 amide bonds. The molecule has 0 radical (unpaired) electrons. The Labute approximate surface area is 172 Å². The van der Waals surface area contributed by atoms with Crippen LogP contribution in [0.15, 0.2) is 57.8 Å². The third-order valence-corrected chi connectivity index (χ3v) is 7.11. The van der Waals surface area contributed by atoms with Gasteiger partial charge in [-0.1, -0.05) is 23.9 Å². The fourth-order valence-corrected chi connectivity index (χ4v) is 5.10. The highest BCUT2D eigenvalue weighted by Gasteiger charge is 2.30. The van der Waals surface area contributed by atoms with E-state index < -0.39 is 22.7 Å². The maximum absolute atomic E-state index is 12.2. The van der Waals surface area contributed by atoms with Gasteiger partial charge < -0.3 is 5.32 Å². The van der Waals surface area contributed by atoms with Gasteiger partial charge in [-0.25, -0.2) is 18.1 Å². The SMILES string of the molecule is O=C(CSc1nc2ccccc2s1)Nc1ccc(S(=O)(=O)NCC(F)(F)F)cc1. The minimum Gasteiger partial charge on any atom is -0.325 e. The fraction of sp³-hybridized carbons (Fsp3) is 0.176. The van der Waals surface area contributed by atoms with Gasteiger partial charge in [0.05, 0.1) is 20.9 Å². The average Bonchev–Trinajstić information content (AvgIpc) is 3.08. The first-order valence-electron chi connectivity index (χ1n) is 8.07.